The molecule has 0 unspecified atom stereocenters. The van der Waals surface area contributed by atoms with E-state index in [-0.39, 0.29) is 109 Å². The van der Waals surface area contributed by atoms with Crippen LogP contribution >= 0.6 is 0 Å². The van der Waals surface area contributed by atoms with Gasteiger partial charge >= 0.3 is 0 Å². The molecule has 0 saturated carbocycles. The zero-order valence-electron chi connectivity index (χ0n) is 2.47. The summed E-state index contributed by atoms with van der Waals surface area (Å²) in [5, 5.41) is 0. The molecule has 0 heterocycles. The molecule has 0 bridgehead atoms. The number of hydrogen-bond acceptors (Lipinski definition) is 0. The second kappa shape index (κ2) is 16.1. The largest absolute Gasteiger partial charge is 0 e. The van der Waals surface area contributed by atoms with Crippen molar-refractivity contribution in [3.05, 3.63) is 0 Å². The molecule has 0 amide bonds. The first kappa shape index (κ1) is 26.0. The van der Waals surface area contributed by atoms with Gasteiger partial charge < -0.3 is 0 Å². The van der Waals surface area contributed by atoms with Crippen LogP contribution in [-0.2, 0) is 34.4 Å². The van der Waals surface area contributed by atoms with Crippen molar-refractivity contribution in [3.63, 3.8) is 0 Å². The molecule has 0 aromatic carbocycles. The van der Waals surface area contributed by atoms with Gasteiger partial charge in [-0.1, -0.05) is 0 Å². The first-order valence-corrected chi connectivity index (χ1v) is 0. The first-order chi connectivity index (χ1) is 0. The van der Waals surface area contributed by atoms with Gasteiger partial charge in [0, 0.05) is 109 Å². The smallest absolute Gasteiger partial charge is 0 e. The van der Waals surface area contributed by atoms with Crippen LogP contribution in [0.25, 0.3) is 0 Å². The van der Waals surface area contributed by atoms with Crippen LogP contribution in [0.3, 0.4) is 0 Å². The minimum Gasteiger partial charge on any atom is 0 e. The topological polar surface area (TPSA) is 0 Å². The summed E-state index contributed by atoms with van der Waals surface area (Å²) in [6.45, 7) is 0. The summed E-state index contributed by atoms with van der Waals surface area (Å²) in [6.07, 6.45) is 0. The SMILES string of the molecule is [Cr].[Fe].[K].[Mg]. The molecular formula is CrFeKMg. The molecule has 4 heavy (non-hydrogen) atoms. The van der Waals surface area contributed by atoms with Gasteiger partial charge in [0.25, 0.3) is 0 Å². The maximum absolute atomic E-state index is 0. The molecule has 0 atom stereocenters. The minimum atomic E-state index is 0. The summed E-state index contributed by atoms with van der Waals surface area (Å²) in [4.78, 5) is 0. The summed E-state index contributed by atoms with van der Waals surface area (Å²) in [6, 6.07) is 0. The van der Waals surface area contributed by atoms with Gasteiger partial charge in [0.1, 0.15) is 0 Å². The molecule has 0 aromatic rings. The van der Waals surface area contributed by atoms with Crippen LogP contribution in [0.2, 0.25) is 0 Å². The molecule has 0 rings (SSSR count). The fourth-order valence-corrected chi connectivity index (χ4v) is 0. The van der Waals surface area contributed by atoms with Crippen LogP contribution in [0, 0.1) is 0 Å². The molecule has 0 aliphatic carbocycles. The van der Waals surface area contributed by atoms with Crippen LogP contribution in [-0.4, -0.2) is 74.4 Å². The third kappa shape index (κ3) is 9.07. The standard InChI is InChI=1S/Cr.Fe.K.Mg. The molecule has 0 aliphatic rings. The van der Waals surface area contributed by atoms with E-state index in [1.165, 1.54) is 0 Å². The summed E-state index contributed by atoms with van der Waals surface area (Å²) in [7, 11) is 0. The molecule has 0 spiro atoms. The average Bonchev–Trinajstić information content (AvgIpc) is 0. The van der Waals surface area contributed by atoms with E-state index in [2.05, 4.69) is 0 Å². The zero-order chi connectivity index (χ0) is 0. The van der Waals surface area contributed by atoms with Gasteiger partial charge in [-0.15, -0.1) is 0 Å². The molecule has 0 saturated heterocycles. The van der Waals surface area contributed by atoms with E-state index < -0.39 is 0 Å². The van der Waals surface area contributed by atoms with Crippen molar-refractivity contribution in [2.45, 2.75) is 0 Å². The van der Waals surface area contributed by atoms with Crippen molar-refractivity contribution in [1.29, 1.82) is 0 Å². The summed E-state index contributed by atoms with van der Waals surface area (Å²) in [5.41, 5.74) is 0. The maximum atomic E-state index is 0. The Hall–Kier alpha value is 3.45. The van der Waals surface area contributed by atoms with Gasteiger partial charge in [0.15, 0.2) is 0 Å². The van der Waals surface area contributed by atoms with Crippen molar-refractivity contribution >= 4 is 74.4 Å². The predicted molar refractivity (Wildman–Crippen MR) is 11.5 cm³/mol. The van der Waals surface area contributed by atoms with Gasteiger partial charge in [-0.3, -0.25) is 0 Å². The molecular weight excluding hydrogens is 171 g/mol. The Morgan fingerprint density at radius 1 is 1.00 bits per heavy atom. The number of rotatable bonds is 0. The molecule has 3 radical (unpaired) electrons. The normalized spacial score (nSPS) is 0. The molecule has 0 aromatic heterocycles. The second-order valence-corrected chi connectivity index (χ2v) is 0. The van der Waals surface area contributed by atoms with E-state index in [0.717, 1.165) is 0 Å². The first-order valence-electron chi connectivity index (χ1n) is 0. The molecule has 0 fully saturated rings. The molecule has 4 heteroatoms. The van der Waals surface area contributed by atoms with E-state index in [1.807, 2.05) is 0 Å². The monoisotopic (exact) mass is 171 g/mol. The number of hydrogen-bond donors (Lipinski definition) is 0. The van der Waals surface area contributed by atoms with Gasteiger partial charge in [-0.2, -0.15) is 0 Å². The van der Waals surface area contributed by atoms with E-state index >= 15 is 0 Å². The van der Waals surface area contributed by atoms with Crippen molar-refractivity contribution in [2.24, 2.45) is 0 Å². The fraction of sp³-hybridized carbons (Fsp3) is 0. The Balaban J connectivity index is 0. The van der Waals surface area contributed by atoms with Gasteiger partial charge in [-0.05, 0) is 0 Å². The summed E-state index contributed by atoms with van der Waals surface area (Å²) in [5.74, 6) is 0. The van der Waals surface area contributed by atoms with Crippen molar-refractivity contribution < 1.29 is 34.4 Å². The Bertz CT molecular complexity index is 8.00. The van der Waals surface area contributed by atoms with E-state index in [1.54, 1.807) is 0 Å². The van der Waals surface area contributed by atoms with Crippen LogP contribution in [0.1, 0.15) is 0 Å². The third-order valence-electron chi connectivity index (χ3n) is 0. The molecule has 0 nitrogen and oxygen atoms in total. The van der Waals surface area contributed by atoms with E-state index in [9.17, 15) is 0 Å². The van der Waals surface area contributed by atoms with Crippen LogP contribution < -0.4 is 0 Å². The fourth-order valence-electron chi connectivity index (χ4n) is 0. The summed E-state index contributed by atoms with van der Waals surface area (Å²) >= 11 is 0. The van der Waals surface area contributed by atoms with E-state index in [0.29, 0.717) is 0 Å². The van der Waals surface area contributed by atoms with Crippen LogP contribution in [0.15, 0.2) is 0 Å². The quantitative estimate of drug-likeness (QED) is 0.420. The van der Waals surface area contributed by atoms with Crippen molar-refractivity contribution in [1.82, 2.24) is 0 Å². The Morgan fingerprint density at radius 2 is 1.00 bits per heavy atom. The Kier molecular flexibility index (Phi) is 105. The van der Waals surface area contributed by atoms with Gasteiger partial charge in [-0.25, -0.2) is 0 Å². The minimum absolute atomic E-state index is 0. The summed E-state index contributed by atoms with van der Waals surface area (Å²) < 4.78 is 0. The molecule has 0 N–H and O–H groups in total. The predicted octanol–water partition coefficient (Wildman–Crippen LogP) is -0.767. The van der Waals surface area contributed by atoms with Gasteiger partial charge in [0.2, 0.25) is 0 Å². The molecule has 17 valence electrons. The third-order valence-corrected chi connectivity index (χ3v) is 0. The second-order valence-electron chi connectivity index (χ2n) is 0. The Morgan fingerprint density at radius 3 is 1.00 bits per heavy atom. The Labute approximate surface area is 106 Å². The zero-order valence-corrected chi connectivity index (χ0v) is 9.39. The van der Waals surface area contributed by atoms with Crippen LogP contribution in [0.5, 0.6) is 0 Å². The van der Waals surface area contributed by atoms with Crippen molar-refractivity contribution in [3.8, 4) is 0 Å². The van der Waals surface area contributed by atoms with E-state index in [4.69, 9.17) is 0 Å². The van der Waals surface area contributed by atoms with Gasteiger partial charge in [0.05, 0.1) is 0 Å². The average molecular weight is 171 g/mol. The van der Waals surface area contributed by atoms with Crippen molar-refractivity contribution in [2.75, 3.05) is 0 Å². The van der Waals surface area contributed by atoms with Crippen LogP contribution in [0.4, 0.5) is 0 Å². The molecule has 0 aliphatic heterocycles. The maximum Gasteiger partial charge on any atom is 0 e.